The molecule has 0 amide bonds. The zero-order valence-corrected chi connectivity index (χ0v) is 9.90. The standard InChI is InChI=1S/C9H6NO.BrH.Mg/c1-2-4-8(5-3-1)9-6-7-11-10-9;;/h2-7H;1H;/q-1;;+2/p-1. The van der Waals surface area contributed by atoms with Crippen molar-refractivity contribution in [3.8, 4) is 11.3 Å². The van der Waals surface area contributed by atoms with Gasteiger partial charge in [0.1, 0.15) is 6.26 Å². The van der Waals surface area contributed by atoms with Gasteiger partial charge in [0.2, 0.25) is 0 Å². The summed E-state index contributed by atoms with van der Waals surface area (Å²) in [6, 6.07) is 12.4. The number of aromatic nitrogens is 1. The molecule has 0 atom stereocenters. The van der Waals surface area contributed by atoms with Crippen LogP contribution in [0.4, 0.5) is 0 Å². The maximum Gasteiger partial charge on any atom is 2.00 e. The molecule has 0 spiro atoms. The molecule has 0 fully saturated rings. The summed E-state index contributed by atoms with van der Waals surface area (Å²) in [4.78, 5) is 0. The molecule has 1 aromatic heterocycles. The van der Waals surface area contributed by atoms with Crippen LogP contribution in [0.2, 0.25) is 0 Å². The normalized spacial score (nSPS) is 8.31. The van der Waals surface area contributed by atoms with Crippen LogP contribution in [-0.2, 0) is 0 Å². The molecule has 0 aliphatic heterocycles. The summed E-state index contributed by atoms with van der Waals surface area (Å²) in [7, 11) is 0. The van der Waals surface area contributed by atoms with Crippen molar-refractivity contribution in [1.82, 2.24) is 5.16 Å². The fraction of sp³-hybridized carbons (Fsp3) is 0. The van der Waals surface area contributed by atoms with Gasteiger partial charge in [-0.05, 0) is 0 Å². The summed E-state index contributed by atoms with van der Waals surface area (Å²) < 4.78 is 4.71. The first-order valence-corrected chi connectivity index (χ1v) is 3.34. The Labute approximate surface area is 103 Å². The van der Waals surface area contributed by atoms with E-state index in [2.05, 4.69) is 11.2 Å². The topological polar surface area (TPSA) is 26.0 Å². The molecule has 0 aliphatic carbocycles. The molecule has 0 radical (unpaired) electrons. The first-order valence-electron chi connectivity index (χ1n) is 3.34. The van der Waals surface area contributed by atoms with Crippen molar-refractivity contribution in [1.29, 1.82) is 0 Å². The van der Waals surface area contributed by atoms with E-state index in [1.807, 2.05) is 30.3 Å². The van der Waals surface area contributed by atoms with E-state index >= 15 is 0 Å². The molecule has 0 saturated carbocycles. The van der Waals surface area contributed by atoms with E-state index in [1.165, 1.54) is 0 Å². The summed E-state index contributed by atoms with van der Waals surface area (Å²) in [6.07, 6.45) is 1.56. The molecule has 13 heavy (non-hydrogen) atoms. The molecular weight excluding hydrogens is 242 g/mol. The third kappa shape index (κ3) is 3.13. The van der Waals surface area contributed by atoms with Crippen LogP contribution < -0.4 is 17.0 Å². The Morgan fingerprint density at radius 1 is 1.15 bits per heavy atom. The maximum atomic E-state index is 4.71. The van der Waals surface area contributed by atoms with Crippen LogP contribution in [0.1, 0.15) is 0 Å². The molecule has 4 heteroatoms. The average Bonchev–Trinajstić information content (AvgIpc) is 2.58. The molecule has 2 nitrogen and oxygen atoms in total. The summed E-state index contributed by atoms with van der Waals surface area (Å²) >= 11 is 0. The molecule has 1 aromatic carbocycles. The molecule has 2 aromatic rings. The number of halogens is 1. The summed E-state index contributed by atoms with van der Waals surface area (Å²) in [5.41, 5.74) is 1.91. The van der Waals surface area contributed by atoms with Crippen LogP contribution in [0.15, 0.2) is 41.1 Å². The maximum absolute atomic E-state index is 4.71. The van der Waals surface area contributed by atoms with Crippen LogP contribution in [0, 0.1) is 6.07 Å². The molecule has 0 bridgehead atoms. The fourth-order valence-corrected chi connectivity index (χ4v) is 0.919. The van der Waals surface area contributed by atoms with E-state index in [9.17, 15) is 0 Å². The molecule has 0 N–H and O–H groups in total. The van der Waals surface area contributed by atoms with Gasteiger partial charge < -0.3 is 21.5 Å². The number of rotatable bonds is 1. The van der Waals surface area contributed by atoms with Crippen molar-refractivity contribution in [2.75, 3.05) is 0 Å². The first-order chi connectivity index (χ1) is 5.47. The zero-order valence-electron chi connectivity index (χ0n) is 6.90. The van der Waals surface area contributed by atoms with E-state index in [4.69, 9.17) is 4.52 Å². The van der Waals surface area contributed by atoms with Gasteiger partial charge >= 0.3 is 23.1 Å². The molecule has 0 aliphatic rings. The van der Waals surface area contributed by atoms with E-state index in [0.717, 1.165) is 11.3 Å². The molecule has 1 heterocycles. The van der Waals surface area contributed by atoms with Crippen LogP contribution in [-0.4, -0.2) is 28.2 Å². The number of nitrogens with zero attached hydrogens (tertiary/aromatic N) is 1. The van der Waals surface area contributed by atoms with Crippen LogP contribution in [0.25, 0.3) is 11.3 Å². The Bertz CT molecular complexity index is 323. The predicted octanol–water partition coefficient (Wildman–Crippen LogP) is -1.24. The average molecular weight is 248 g/mol. The van der Waals surface area contributed by atoms with Gasteiger partial charge in [-0.1, -0.05) is 5.16 Å². The third-order valence-corrected chi connectivity index (χ3v) is 1.45. The second kappa shape index (κ2) is 6.18. The second-order valence-electron chi connectivity index (χ2n) is 2.17. The van der Waals surface area contributed by atoms with Gasteiger partial charge in [-0.3, -0.25) is 0 Å². The molecule has 0 saturated heterocycles. The molecular formula is C9H6BrMgNO. The number of hydrogen-bond acceptors (Lipinski definition) is 2. The minimum absolute atomic E-state index is 0. The summed E-state index contributed by atoms with van der Waals surface area (Å²) in [5, 5.41) is 3.80. The molecule has 0 unspecified atom stereocenters. The fourth-order valence-electron chi connectivity index (χ4n) is 0.919. The van der Waals surface area contributed by atoms with Gasteiger partial charge in [0.15, 0.2) is 0 Å². The Balaban J connectivity index is 0.000000720. The van der Waals surface area contributed by atoms with Gasteiger partial charge in [-0.15, -0.1) is 5.56 Å². The second-order valence-corrected chi connectivity index (χ2v) is 2.17. The number of benzene rings is 1. The smallest absolute Gasteiger partial charge is 1.00 e. The van der Waals surface area contributed by atoms with Crippen LogP contribution >= 0.6 is 0 Å². The Kier molecular flexibility index (Phi) is 6.02. The quantitative estimate of drug-likeness (QED) is 0.466. The van der Waals surface area contributed by atoms with Crippen molar-refractivity contribution in [2.24, 2.45) is 0 Å². The minimum atomic E-state index is 0. The Morgan fingerprint density at radius 3 is 2.38 bits per heavy atom. The van der Waals surface area contributed by atoms with Crippen molar-refractivity contribution < 1.29 is 21.5 Å². The summed E-state index contributed by atoms with van der Waals surface area (Å²) in [6.45, 7) is 0. The summed E-state index contributed by atoms with van der Waals surface area (Å²) in [5.74, 6) is 0. The Hall–Kier alpha value is -0.324. The Morgan fingerprint density at radius 2 is 1.85 bits per heavy atom. The molecule has 62 valence electrons. The van der Waals surface area contributed by atoms with Crippen LogP contribution in [0.3, 0.4) is 0 Å². The van der Waals surface area contributed by atoms with E-state index in [-0.39, 0.29) is 40.0 Å². The van der Waals surface area contributed by atoms with Crippen molar-refractivity contribution in [3.63, 3.8) is 0 Å². The monoisotopic (exact) mass is 247 g/mol. The van der Waals surface area contributed by atoms with Gasteiger partial charge in [0, 0.05) is 6.07 Å². The van der Waals surface area contributed by atoms with Crippen molar-refractivity contribution in [3.05, 3.63) is 42.7 Å². The van der Waals surface area contributed by atoms with Crippen molar-refractivity contribution in [2.45, 2.75) is 0 Å². The first kappa shape index (κ1) is 12.7. The van der Waals surface area contributed by atoms with Gasteiger partial charge in [0.25, 0.3) is 0 Å². The van der Waals surface area contributed by atoms with Gasteiger partial charge in [-0.2, -0.15) is 30.3 Å². The molecule has 2 rings (SSSR count). The van der Waals surface area contributed by atoms with Crippen LogP contribution in [0.5, 0.6) is 0 Å². The zero-order chi connectivity index (χ0) is 7.52. The SMILES string of the molecule is [Br-].[Mg+2].[c-]1ccc(-c2ccon2)cc1. The van der Waals surface area contributed by atoms with Crippen molar-refractivity contribution >= 4 is 23.1 Å². The van der Waals surface area contributed by atoms with Gasteiger partial charge in [-0.25, -0.2) is 0 Å². The van der Waals surface area contributed by atoms with Gasteiger partial charge in [0.05, 0.1) is 5.69 Å². The predicted molar refractivity (Wildman–Crippen MR) is 46.5 cm³/mol. The largest absolute Gasteiger partial charge is 2.00 e. The van der Waals surface area contributed by atoms with E-state index in [1.54, 1.807) is 6.26 Å². The van der Waals surface area contributed by atoms with E-state index in [0.29, 0.717) is 0 Å². The minimum Gasteiger partial charge on any atom is -1.00 e. The van der Waals surface area contributed by atoms with E-state index < -0.39 is 0 Å². The number of hydrogen-bond donors (Lipinski definition) is 0. The third-order valence-electron chi connectivity index (χ3n) is 1.45.